The maximum absolute atomic E-state index is 13.7. The summed E-state index contributed by atoms with van der Waals surface area (Å²) in [7, 11) is 0. The Morgan fingerprint density at radius 2 is 1.56 bits per heavy atom. The fraction of sp³-hybridized carbons (Fsp3) is 0.489. The van der Waals surface area contributed by atoms with Crippen LogP contribution < -0.4 is 5.32 Å². The van der Waals surface area contributed by atoms with E-state index in [1.165, 1.54) is 64.2 Å². The van der Waals surface area contributed by atoms with Crippen LogP contribution in [0.5, 0.6) is 0 Å². The minimum absolute atomic E-state index is 0.124. The van der Waals surface area contributed by atoms with Crippen molar-refractivity contribution < 1.29 is 23.8 Å². The van der Waals surface area contributed by atoms with E-state index in [9.17, 15) is 23.8 Å². The van der Waals surface area contributed by atoms with Crippen LogP contribution in [0.25, 0.3) is 23.1 Å². The normalized spacial score (nSPS) is 18.2. The van der Waals surface area contributed by atoms with Gasteiger partial charge in [-0.1, -0.05) is 99.2 Å². The number of rotatable bonds is 14. The van der Waals surface area contributed by atoms with Crippen LogP contribution in [0.1, 0.15) is 137 Å². The van der Waals surface area contributed by atoms with Gasteiger partial charge in [-0.15, -0.1) is 0 Å². The number of benzene rings is 3. The summed E-state index contributed by atoms with van der Waals surface area (Å²) in [5, 5.41) is 24.7. The summed E-state index contributed by atoms with van der Waals surface area (Å²) in [5.74, 6) is -1.77. The second kappa shape index (κ2) is 19.0. The lowest BCUT2D eigenvalue weighted by Gasteiger charge is -2.30. The Morgan fingerprint density at radius 3 is 2.22 bits per heavy atom. The molecule has 3 aromatic carbocycles. The molecule has 3 N–H and O–H groups in total. The Balaban J connectivity index is 0.000000332. The number of carboxylic acid groups (broad SMARTS) is 1. The monoisotopic (exact) mass is 768 g/mol. The summed E-state index contributed by atoms with van der Waals surface area (Å²) in [6.07, 6.45) is 22.1. The zero-order valence-electron chi connectivity index (χ0n) is 32.5. The molecule has 3 fully saturated rings. The predicted molar refractivity (Wildman–Crippen MR) is 223 cm³/mol. The number of aryl methyl sites for hydroxylation is 1. The highest BCUT2D eigenvalue weighted by Crippen LogP contribution is 2.53. The van der Waals surface area contributed by atoms with Crippen molar-refractivity contribution in [2.75, 3.05) is 5.75 Å². The molecule has 1 aromatic heterocycles. The van der Waals surface area contributed by atoms with Crippen molar-refractivity contribution in [2.45, 2.75) is 133 Å². The number of hydrogen-bond acceptors (Lipinski definition) is 5. The Morgan fingerprint density at radius 1 is 0.891 bits per heavy atom. The Hall–Kier alpha value is -3.59. The third-order valence-electron chi connectivity index (χ3n) is 11.6. The molecular weight excluding hydrogens is 711 g/mol. The molecule has 0 radical (unpaired) electrons. The van der Waals surface area contributed by atoms with Gasteiger partial charge in [-0.05, 0) is 111 Å². The van der Waals surface area contributed by atoms with Crippen molar-refractivity contribution in [2.24, 2.45) is 5.41 Å². The van der Waals surface area contributed by atoms with Gasteiger partial charge in [0.2, 0.25) is 0 Å². The number of aliphatic carboxylic acids is 1. The van der Waals surface area contributed by atoms with E-state index in [1.807, 2.05) is 54.2 Å². The van der Waals surface area contributed by atoms with Crippen molar-refractivity contribution in [3.05, 3.63) is 112 Å². The first-order valence-electron chi connectivity index (χ1n) is 20.4. The van der Waals surface area contributed by atoms with Crippen LogP contribution in [0.2, 0.25) is 0 Å². The van der Waals surface area contributed by atoms with Gasteiger partial charge >= 0.3 is 5.97 Å². The summed E-state index contributed by atoms with van der Waals surface area (Å²) >= 11 is 1.82. The highest BCUT2D eigenvalue weighted by Gasteiger charge is 2.44. The molecule has 1 unspecified atom stereocenters. The first-order valence-corrected chi connectivity index (χ1v) is 21.5. The Bertz CT molecular complexity index is 1890. The molecule has 1 atom stereocenters. The van der Waals surface area contributed by atoms with Crippen LogP contribution >= 0.6 is 11.8 Å². The fourth-order valence-corrected chi connectivity index (χ4v) is 9.83. The Labute approximate surface area is 330 Å². The van der Waals surface area contributed by atoms with Crippen molar-refractivity contribution in [3.63, 3.8) is 0 Å². The molecule has 8 heteroatoms. The minimum atomic E-state index is -0.944. The van der Waals surface area contributed by atoms with Gasteiger partial charge in [0.1, 0.15) is 0 Å². The fourth-order valence-electron chi connectivity index (χ4n) is 8.26. The van der Waals surface area contributed by atoms with Gasteiger partial charge in [0, 0.05) is 34.5 Å². The van der Waals surface area contributed by atoms with Crippen LogP contribution in [0, 0.1) is 17.0 Å². The first-order chi connectivity index (χ1) is 26.5. The maximum atomic E-state index is 13.7. The number of fused-ring (bicyclic) bond motifs is 1. The molecule has 1 heterocycles. The summed E-state index contributed by atoms with van der Waals surface area (Å²) in [5.41, 5.74) is 4.12. The van der Waals surface area contributed by atoms with E-state index in [1.54, 1.807) is 26.0 Å². The lowest BCUT2D eigenvalue weighted by molar-refractivity contribution is -0.138. The molecule has 3 aliphatic rings. The standard InChI is InChI=1S/C35H35F2NO3S.C12H23N/c1-34(2,41)28-9-4-3-7-24(28)12-15-32(42-22-35(16-17-35)21-33(39)40)26-8-5-6-23(18-26)10-13-27-14-11-25-19-29(36)30(37)20-31(25)38-27;1-3-7-11(8-4-1)13-12-9-5-2-6-10-12/h3-11,13-14,18-20,32,41H,12,15-17,21-22H2,1-2H3,(H,39,40);11-13H,1-10H2/b13-10+;. The molecule has 4 aromatic rings. The molecule has 7 rings (SSSR count). The average Bonchev–Trinajstić information content (AvgIpc) is 3.94. The third kappa shape index (κ3) is 12.2. The molecule has 0 amide bonds. The summed E-state index contributed by atoms with van der Waals surface area (Å²) in [6, 6.07) is 23.8. The lowest BCUT2D eigenvalue weighted by Crippen LogP contribution is -2.40. The van der Waals surface area contributed by atoms with E-state index >= 15 is 0 Å². The molecule has 3 saturated carbocycles. The highest BCUT2D eigenvalue weighted by molar-refractivity contribution is 7.99. The summed E-state index contributed by atoms with van der Waals surface area (Å²) in [4.78, 5) is 15.9. The van der Waals surface area contributed by atoms with Crippen molar-refractivity contribution in [1.29, 1.82) is 0 Å². The number of carbonyl (C=O) groups is 1. The van der Waals surface area contributed by atoms with E-state index in [4.69, 9.17) is 0 Å². The third-order valence-corrected chi connectivity index (χ3v) is 13.3. The van der Waals surface area contributed by atoms with Gasteiger partial charge in [0.15, 0.2) is 11.6 Å². The van der Waals surface area contributed by atoms with E-state index in [0.29, 0.717) is 16.6 Å². The second-order valence-corrected chi connectivity index (χ2v) is 17.9. The molecule has 3 aliphatic carbocycles. The largest absolute Gasteiger partial charge is 0.481 e. The van der Waals surface area contributed by atoms with E-state index in [-0.39, 0.29) is 17.1 Å². The van der Waals surface area contributed by atoms with Gasteiger partial charge < -0.3 is 15.5 Å². The van der Waals surface area contributed by atoms with E-state index in [0.717, 1.165) is 77.9 Å². The van der Waals surface area contributed by atoms with Crippen LogP contribution in [0.4, 0.5) is 8.78 Å². The van der Waals surface area contributed by atoms with Gasteiger partial charge in [-0.2, -0.15) is 11.8 Å². The van der Waals surface area contributed by atoms with Gasteiger partial charge in [0.25, 0.3) is 0 Å². The number of carboxylic acids is 1. The van der Waals surface area contributed by atoms with Crippen LogP contribution in [0.15, 0.2) is 72.8 Å². The number of halogens is 2. The Kier molecular flexibility index (Phi) is 14.2. The molecule has 294 valence electrons. The topological polar surface area (TPSA) is 82.5 Å². The average molecular weight is 769 g/mol. The second-order valence-electron chi connectivity index (χ2n) is 16.7. The number of hydrogen-bond donors (Lipinski definition) is 3. The maximum Gasteiger partial charge on any atom is 0.303 e. The van der Waals surface area contributed by atoms with Gasteiger partial charge in [-0.3, -0.25) is 4.79 Å². The van der Waals surface area contributed by atoms with E-state index in [2.05, 4.69) is 28.5 Å². The van der Waals surface area contributed by atoms with Crippen molar-refractivity contribution in [1.82, 2.24) is 10.3 Å². The number of aromatic nitrogens is 1. The molecule has 0 saturated heterocycles. The molecule has 0 bridgehead atoms. The quantitative estimate of drug-likeness (QED) is 0.118. The van der Waals surface area contributed by atoms with Gasteiger partial charge in [0.05, 0.1) is 23.2 Å². The summed E-state index contributed by atoms with van der Waals surface area (Å²) < 4.78 is 27.3. The molecule has 0 spiro atoms. The summed E-state index contributed by atoms with van der Waals surface area (Å²) in [6.45, 7) is 3.60. The van der Waals surface area contributed by atoms with E-state index < -0.39 is 23.2 Å². The van der Waals surface area contributed by atoms with Crippen LogP contribution in [-0.2, 0) is 16.8 Å². The van der Waals surface area contributed by atoms with Crippen molar-refractivity contribution in [3.8, 4) is 0 Å². The number of nitrogens with one attached hydrogen (secondary N) is 1. The minimum Gasteiger partial charge on any atom is -0.481 e. The number of pyridine rings is 1. The number of aliphatic hydroxyl groups is 1. The molecule has 0 aliphatic heterocycles. The smallest absolute Gasteiger partial charge is 0.303 e. The molecule has 55 heavy (non-hydrogen) atoms. The molecular formula is C47H58F2N2O3S. The first kappa shape index (κ1) is 41.1. The van der Waals surface area contributed by atoms with Crippen molar-refractivity contribution >= 4 is 40.8 Å². The zero-order chi connectivity index (χ0) is 38.8. The highest BCUT2D eigenvalue weighted by atomic mass is 32.2. The van der Waals surface area contributed by atoms with Crippen LogP contribution in [0.3, 0.4) is 0 Å². The molecule has 5 nitrogen and oxygen atoms in total. The lowest BCUT2D eigenvalue weighted by atomic mass is 9.90. The predicted octanol–water partition coefficient (Wildman–Crippen LogP) is 11.8. The number of thioether (sulfide) groups is 1. The SMILES string of the molecule is C1CCC(NC2CCCCC2)CC1.CC(C)(O)c1ccccc1CCC(SCC1(CC(=O)O)CC1)c1cccc(/C=C/c2ccc3cc(F)c(F)cc3n2)c1. The van der Waals surface area contributed by atoms with Gasteiger partial charge in [-0.25, -0.2) is 13.8 Å². The number of nitrogens with zero attached hydrogens (tertiary/aromatic N) is 1. The van der Waals surface area contributed by atoms with Crippen LogP contribution in [-0.4, -0.2) is 39.0 Å². The zero-order valence-corrected chi connectivity index (χ0v) is 33.4.